The average Bonchev–Trinajstić information content (AvgIpc) is 2.84. The first kappa shape index (κ1) is 8.05. The molecule has 4 atom stereocenters. The third-order valence-corrected chi connectivity index (χ3v) is 2.89. The molecular weight excluding hydrogens is 156 g/mol. The fourth-order valence-corrected chi connectivity index (χ4v) is 1.59. The predicted octanol–water partition coefficient (Wildman–Crippen LogP) is 1.12. The van der Waals surface area contributed by atoms with Crippen LogP contribution in [0.4, 0.5) is 0 Å². The summed E-state index contributed by atoms with van der Waals surface area (Å²) in [4.78, 5) is 9.66. The van der Waals surface area contributed by atoms with Crippen LogP contribution in [-0.2, 0) is 14.3 Å². The van der Waals surface area contributed by atoms with E-state index in [1.807, 2.05) is 0 Å². The lowest BCUT2D eigenvalue weighted by Crippen LogP contribution is -1.87. The Labute approximate surface area is 72.0 Å². The van der Waals surface area contributed by atoms with Crippen LogP contribution in [0, 0.1) is 5.92 Å². The van der Waals surface area contributed by atoms with Crippen LogP contribution in [0.5, 0.6) is 0 Å². The van der Waals surface area contributed by atoms with Crippen molar-refractivity contribution in [3.8, 4) is 0 Å². The molecule has 3 heteroatoms. The van der Waals surface area contributed by atoms with Gasteiger partial charge in [-0.05, 0) is 26.2 Å². The summed E-state index contributed by atoms with van der Waals surface area (Å²) in [5.74, 6) is 0.785. The number of rotatable bonds is 0. The van der Waals surface area contributed by atoms with Gasteiger partial charge in [-0.1, -0.05) is 6.92 Å². The summed E-state index contributed by atoms with van der Waals surface area (Å²) >= 11 is 0. The van der Waals surface area contributed by atoms with E-state index in [4.69, 9.17) is 4.74 Å². The quantitative estimate of drug-likeness (QED) is 0.511. The zero-order valence-electron chi connectivity index (χ0n) is 7.66. The molecule has 0 aromatic heterocycles. The number of hydrogen-bond acceptors (Lipinski definition) is 3. The normalized spacial score (nSPS) is 52.2. The third kappa shape index (κ3) is 1.22. The maximum absolute atomic E-state index is 9.66. The lowest BCUT2D eigenvalue weighted by Gasteiger charge is -1.71. The Morgan fingerprint density at radius 1 is 1.42 bits per heavy atom. The second-order valence-corrected chi connectivity index (χ2v) is 3.90. The maximum atomic E-state index is 9.66. The monoisotopic (exact) mass is 170 g/mol. The standard InChI is InChI=1S/C6H10O.C3H4O2/c1-4-3-6(4)5(2)7-6;1-2-3(4)5-2/h4-5H,3H2,1-2H3;2H,1H3. The highest BCUT2D eigenvalue weighted by atomic mass is 16.6. The van der Waals surface area contributed by atoms with Gasteiger partial charge >= 0.3 is 5.97 Å². The van der Waals surface area contributed by atoms with Gasteiger partial charge in [-0.3, -0.25) is 0 Å². The van der Waals surface area contributed by atoms with Crippen molar-refractivity contribution in [2.75, 3.05) is 0 Å². The Hall–Kier alpha value is -0.570. The van der Waals surface area contributed by atoms with Crippen molar-refractivity contribution < 1.29 is 14.3 Å². The van der Waals surface area contributed by atoms with Gasteiger partial charge in [0.2, 0.25) is 0 Å². The molecule has 1 spiro atoms. The van der Waals surface area contributed by atoms with Gasteiger partial charge in [0, 0.05) is 0 Å². The van der Waals surface area contributed by atoms with Crippen LogP contribution in [-0.4, -0.2) is 23.8 Å². The molecule has 0 aromatic carbocycles. The number of carbonyl (C=O) groups excluding carboxylic acids is 1. The van der Waals surface area contributed by atoms with Gasteiger partial charge in [-0.2, -0.15) is 0 Å². The number of cyclic esters (lactones) is 1. The van der Waals surface area contributed by atoms with Crippen LogP contribution in [0.2, 0.25) is 0 Å². The van der Waals surface area contributed by atoms with Crippen molar-refractivity contribution in [2.24, 2.45) is 5.92 Å². The van der Waals surface area contributed by atoms with Gasteiger partial charge in [-0.15, -0.1) is 0 Å². The van der Waals surface area contributed by atoms with Crippen LogP contribution in [0.3, 0.4) is 0 Å². The Morgan fingerprint density at radius 3 is 1.75 bits per heavy atom. The second kappa shape index (κ2) is 2.22. The smallest absolute Gasteiger partial charge is 0.347 e. The fourth-order valence-electron chi connectivity index (χ4n) is 1.59. The third-order valence-electron chi connectivity index (χ3n) is 2.89. The van der Waals surface area contributed by atoms with Crippen molar-refractivity contribution in [2.45, 2.75) is 45.0 Å². The molecule has 0 amide bonds. The molecule has 0 N–H and O–H groups in total. The summed E-state index contributed by atoms with van der Waals surface area (Å²) in [5, 5.41) is 0. The van der Waals surface area contributed by atoms with E-state index in [0.717, 1.165) is 5.92 Å². The summed E-state index contributed by atoms with van der Waals surface area (Å²) in [6.07, 6.45) is 1.81. The van der Waals surface area contributed by atoms with Gasteiger partial charge in [0.15, 0.2) is 6.10 Å². The highest BCUT2D eigenvalue weighted by Gasteiger charge is 2.69. The van der Waals surface area contributed by atoms with Crippen LogP contribution in [0.15, 0.2) is 0 Å². The van der Waals surface area contributed by atoms with E-state index in [9.17, 15) is 4.79 Å². The molecule has 3 nitrogen and oxygen atoms in total. The average molecular weight is 170 g/mol. The van der Waals surface area contributed by atoms with Gasteiger partial charge in [0.05, 0.1) is 11.7 Å². The van der Waals surface area contributed by atoms with E-state index in [1.54, 1.807) is 6.92 Å². The molecule has 1 saturated carbocycles. The van der Waals surface area contributed by atoms with Crippen molar-refractivity contribution in [3.63, 3.8) is 0 Å². The predicted molar refractivity (Wildman–Crippen MR) is 42.6 cm³/mol. The molecule has 12 heavy (non-hydrogen) atoms. The van der Waals surface area contributed by atoms with Gasteiger partial charge in [-0.25, -0.2) is 4.79 Å². The first-order valence-electron chi connectivity index (χ1n) is 4.44. The topological polar surface area (TPSA) is 42.1 Å². The summed E-state index contributed by atoms with van der Waals surface area (Å²) in [6, 6.07) is 0. The highest BCUT2D eigenvalue weighted by Crippen LogP contribution is 2.61. The SMILES string of the molecule is CC1CC12OC2C.CC1OC1=O. The van der Waals surface area contributed by atoms with Crippen molar-refractivity contribution in [3.05, 3.63) is 0 Å². The lowest BCUT2D eigenvalue weighted by molar-refractivity contribution is -0.117. The second-order valence-electron chi connectivity index (χ2n) is 3.90. The molecule has 68 valence electrons. The molecule has 0 bridgehead atoms. The van der Waals surface area contributed by atoms with Crippen LogP contribution < -0.4 is 0 Å². The van der Waals surface area contributed by atoms with E-state index >= 15 is 0 Å². The number of ether oxygens (including phenoxy) is 2. The molecule has 3 aliphatic rings. The van der Waals surface area contributed by atoms with E-state index in [0.29, 0.717) is 11.7 Å². The number of epoxide rings is 2. The molecule has 4 unspecified atom stereocenters. The minimum absolute atomic E-state index is 0.0787. The first-order chi connectivity index (χ1) is 5.56. The summed E-state index contributed by atoms with van der Waals surface area (Å²) in [6.45, 7) is 6.13. The van der Waals surface area contributed by atoms with Crippen molar-refractivity contribution in [1.29, 1.82) is 0 Å². The van der Waals surface area contributed by atoms with E-state index < -0.39 is 0 Å². The molecule has 0 radical (unpaired) electrons. The summed E-state index contributed by atoms with van der Waals surface area (Å²) in [5.41, 5.74) is 0.417. The van der Waals surface area contributed by atoms with Crippen molar-refractivity contribution in [1.82, 2.24) is 0 Å². The van der Waals surface area contributed by atoms with Gasteiger partial charge in [0.1, 0.15) is 0 Å². The van der Waals surface area contributed by atoms with E-state index in [-0.39, 0.29) is 12.1 Å². The summed E-state index contributed by atoms with van der Waals surface area (Å²) in [7, 11) is 0. The van der Waals surface area contributed by atoms with Crippen LogP contribution in [0.1, 0.15) is 27.2 Å². The molecule has 2 heterocycles. The highest BCUT2D eigenvalue weighted by molar-refractivity contribution is 5.86. The van der Waals surface area contributed by atoms with Crippen molar-refractivity contribution >= 4 is 5.97 Å². The zero-order valence-corrected chi connectivity index (χ0v) is 7.66. The fraction of sp³-hybridized carbons (Fsp3) is 0.889. The van der Waals surface area contributed by atoms with Gasteiger partial charge < -0.3 is 9.47 Å². The van der Waals surface area contributed by atoms with E-state index in [1.165, 1.54) is 6.42 Å². The van der Waals surface area contributed by atoms with E-state index in [2.05, 4.69) is 18.6 Å². The maximum Gasteiger partial charge on any atom is 0.347 e. The molecule has 3 rings (SSSR count). The molecule has 3 fully saturated rings. The lowest BCUT2D eigenvalue weighted by atomic mass is 10.3. The minimum atomic E-state index is -0.0880. The minimum Gasteiger partial charge on any atom is -0.448 e. The molecule has 2 saturated heterocycles. The molecule has 1 aliphatic carbocycles. The Bertz CT molecular complexity index is 210. The zero-order chi connectivity index (χ0) is 8.93. The Balaban J connectivity index is 0.000000100. The molecule has 0 aromatic rings. The van der Waals surface area contributed by atoms with Crippen LogP contribution in [0.25, 0.3) is 0 Å². The largest absolute Gasteiger partial charge is 0.448 e. The number of hydrogen-bond donors (Lipinski definition) is 0. The Morgan fingerprint density at radius 2 is 1.75 bits per heavy atom. The first-order valence-corrected chi connectivity index (χ1v) is 4.44. The van der Waals surface area contributed by atoms with Crippen LogP contribution >= 0.6 is 0 Å². The molecule has 2 aliphatic heterocycles. The number of carbonyl (C=O) groups is 1. The Kier molecular flexibility index (Phi) is 1.49. The molecular formula is C9H14O3. The van der Waals surface area contributed by atoms with Gasteiger partial charge in [0.25, 0.3) is 0 Å². The summed E-state index contributed by atoms with van der Waals surface area (Å²) < 4.78 is 9.61.